The Morgan fingerprint density at radius 1 is 1.18 bits per heavy atom. The van der Waals surface area contributed by atoms with Crippen LogP contribution in [0.4, 0.5) is 13.2 Å². The van der Waals surface area contributed by atoms with Crippen molar-refractivity contribution in [3.05, 3.63) is 58.4 Å². The number of hydrogen-bond acceptors (Lipinski definition) is 5. The van der Waals surface area contributed by atoms with Gasteiger partial charge in [-0.1, -0.05) is 11.6 Å². The second kappa shape index (κ2) is 7.69. The van der Waals surface area contributed by atoms with Crippen molar-refractivity contribution >= 4 is 29.2 Å². The third-order valence-electron chi connectivity index (χ3n) is 6.66. The number of ether oxygens (including phenoxy) is 1. The Morgan fingerprint density at radius 2 is 1.91 bits per heavy atom. The molecule has 34 heavy (non-hydrogen) atoms. The summed E-state index contributed by atoms with van der Waals surface area (Å²) >= 11 is 5.91. The summed E-state index contributed by atoms with van der Waals surface area (Å²) in [5, 5.41) is 6.05. The first kappa shape index (κ1) is 22.6. The molecule has 3 fully saturated rings. The van der Waals surface area contributed by atoms with E-state index in [4.69, 9.17) is 16.3 Å². The standard InChI is InChI=1S/C23H19ClF3N3O4/c24-13-2-4-17-15(5-13)16(31)6-18(34-17)19(32)30-22-9-21(10-22,11-22)20(33)29-8-14-3-1-12(7-28-14)23(25,26)27/h1-5,7,18H,6,8-11H2,(H,29,33)(H,30,32)/t18-,21?,22?/m1/s1. The minimum absolute atomic E-state index is 0.0134. The molecule has 1 aliphatic heterocycles. The van der Waals surface area contributed by atoms with E-state index in [1.54, 1.807) is 12.1 Å². The van der Waals surface area contributed by atoms with Crippen LogP contribution in [0.3, 0.4) is 0 Å². The van der Waals surface area contributed by atoms with E-state index in [0.717, 1.165) is 12.3 Å². The second-order valence-corrected chi connectivity index (χ2v) is 9.61. The Labute approximate surface area is 197 Å². The molecule has 0 saturated heterocycles. The van der Waals surface area contributed by atoms with Crippen LogP contribution in [0.2, 0.25) is 5.02 Å². The lowest BCUT2D eigenvalue weighted by Crippen LogP contribution is -2.79. The molecule has 2 heterocycles. The molecule has 11 heteroatoms. The molecule has 7 nitrogen and oxygen atoms in total. The Bertz CT molecular complexity index is 1180. The maximum absolute atomic E-state index is 12.7. The molecule has 1 atom stereocenters. The van der Waals surface area contributed by atoms with E-state index in [0.29, 0.717) is 41.3 Å². The normalized spacial score (nSPS) is 26.9. The lowest BCUT2D eigenvalue weighted by molar-refractivity contribution is -0.185. The predicted octanol–water partition coefficient (Wildman–Crippen LogP) is 3.44. The number of carbonyl (C=O) groups excluding carboxylic acids is 3. The van der Waals surface area contributed by atoms with Crippen molar-refractivity contribution in [1.29, 1.82) is 0 Å². The lowest BCUT2D eigenvalue weighted by atomic mass is 9.39. The molecule has 2 N–H and O–H groups in total. The average Bonchev–Trinajstić information content (AvgIpc) is 2.73. The van der Waals surface area contributed by atoms with Gasteiger partial charge in [-0.15, -0.1) is 0 Å². The van der Waals surface area contributed by atoms with E-state index in [1.807, 2.05) is 0 Å². The molecule has 3 aliphatic carbocycles. The van der Waals surface area contributed by atoms with Crippen LogP contribution in [0.1, 0.15) is 47.3 Å². The minimum Gasteiger partial charge on any atom is -0.479 e. The summed E-state index contributed by atoms with van der Waals surface area (Å²) in [5.41, 5.74) is -1.30. The number of hydrogen-bond donors (Lipinski definition) is 2. The van der Waals surface area contributed by atoms with E-state index < -0.39 is 34.7 Å². The van der Waals surface area contributed by atoms with E-state index in [9.17, 15) is 27.6 Å². The van der Waals surface area contributed by atoms with Gasteiger partial charge in [0, 0.05) is 16.8 Å². The zero-order chi connectivity index (χ0) is 24.3. The molecular formula is C23H19ClF3N3O4. The van der Waals surface area contributed by atoms with Gasteiger partial charge in [-0.05, 0) is 49.6 Å². The fourth-order valence-corrected chi connectivity index (χ4v) is 5.17. The number of alkyl halides is 3. The number of nitrogens with one attached hydrogen (secondary N) is 2. The number of aromatic nitrogens is 1. The number of Topliss-reactive ketones (excluding diaryl/α,β-unsaturated/α-hetero) is 1. The summed E-state index contributed by atoms with van der Waals surface area (Å²) in [7, 11) is 0. The maximum atomic E-state index is 12.7. The van der Waals surface area contributed by atoms with Crippen LogP contribution < -0.4 is 15.4 Å². The van der Waals surface area contributed by atoms with Crippen LogP contribution in [0.5, 0.6) is 5.75 Å². The van der Waals surface area contributed by atoms with Crippen molar-refractivity contribution in [2.24, 2.45) is 5.41 Å². The summed E-state index contributed by atoms with van der Waals surface area (Å²) in [6.45, 7) is 0.0134. The topological polar surface area (TPSA) is 97.4 Å². The fourth-order valence-electron chi connectivity index (χ4n) is 5.00. The first-order valence-electron chi connectivity index (χ1n) is 10.6. The molecule has 0 radical (unpaired) electrons. The minimum atomic E-state index is -4.47. The van der Waals surface area contributed by atoms with Crippen molar-refractivity contribution in [3.8, 4) is 5.75 Å². The lowest BCUT2D eigenvalue weighted by Gasteiger charge is -2.69. The average molecular weight is 494 g/mol. The number of pyridine rings is 1. The Morgan fingerprint density at radius 3 is 2.56 bits per heavy atom. The molecule has 0 unspecified atom stereocenters. The first-order valence-corrected chi connectivity index (χ1v) is 11.0. The van der Waals surface area contributed by atoms with Gasteiger partial charge in [0.25, 0.3) is 5.91 Å². The van der Waals surface area contributed by atoms with Gasteiger partial charge in [0.2, 0.25) is 5.91 Å². The molecular weight excluding hydrogens is 475 g/mol. The van der Waals surface area contributed by atoms with Crippen molar-refractivity contribution < 1.29 is 32.3 Å². The van der Waals surface area contributed by atoms with Crippen LogP contribution in [-0.4, -0.2) is 34.2 Å². The van der Waals surface area contributed by atoms with Gasteiger partial charge in [-0.2, -0.15) is 13.2 Å². The monoisotopic (exact) mass is 493 g/mol. The number of fused-ring (bicyclic) bond motifs is 1. The number of amides is 2. The van der Waals surface area contributed by atoms with Crippen molar-refractivity contribution in [3.63, 3.8) is 0 Å². The molecule has 3 saturated carbocycles. The van der Waals surface area contributed by atoms with Crippen LogP contribution in [0.25, 0.3) is 0 Å². The summed E-state index contributed by atoms with van der Waals surface area (Å²) in [6, 6.07) is 6.80. The smallest absolute Gasteiger partial charge is 0.417 e. The molecule has 2 aromatic rings. The van der Waals surface area contributed by atoms with E-state index >= 15 is 0 Å². The molecule has 2 bridgehead atoms. The van der Waals surface area contributed by atoms with Gasteiger partial charge < -0.3 is 15.4 Å². The van der Waals surface area contributed by atoms with Gasteiger partial charge in [0.1, 0.15) is 5.75 Å². The summed E-state index contributed by atoms with van der Waals surface area (Å²) in [5.74, 6) is -0.544. The largest absolute Gasteiger partial charge is 0.479 e. The molecule has 1 aromatic carbocycles. The summed E-state index contributed by atoms with van der Waals surface area (Å²) in [4.78, 5) is 41.5. The Balaban J connectivity index is 1.12. The molecule has 178 valence electrons. The van der Waals surface area contributed by atoms with Crippen molar-refractivity contribution in [1.82, 2.24) is 15.6 Å². The third kappa shape index (κ3) is 3.89. The van der Waals surface area contributed by atoms with Gasteiger partial charge in [-0.25, -0.2) is 0 Å². The zero-order valence-electron chi connectivity index (χ0n) is 17.7. The van der Waals surface area contributed by atoms with Gasteiger partial charge in [-0.3, -0.25) is 19.4 Å². The predicted molar refractivity (Wildman–Crippen MR) is 113 cm³/mol. The molecule has 1 aromatic heterocycles. The maximum Gasteiger partial charge on any atom is 0.417 e. The molecule has 4 aliphatic rings. The van der Waals surface area contributed by atoms with E-state index in [1.165, 1.54) is 12.1 Å². The van der Waals surface area contributed by atoms with Crippen LogP contribution in [0.15, 0.2) is 36.5 Å². The molecule has 6 rings (SSSR count). The third-order valence-corrected chi connectivity index (χ3v) is 6.89. The number of rotatable bonds is 5. The number of carbonyl (C=O) groups is 3. The van der Waals surface area contributed by atoms with Crippen molar-refractivity contribution in [2.75, 3.05) is 0 Å². The van der Waals surface area contributed by atoms with E-state index in [2.05, 4.69) is 15.6 Å². The molecule has 0 spiro atoms. The highest BCUT2D eigenvalue weighted by atomic mass is 35.5. The van der Waals surface area contributed by atoms with Gasteiger partial charge in [0.05, 0.1) is 35.2 Å². The number of halogens is 4. The number of benzene rings is 1. The van der Waals surface area contributed by atoms with Crippen LogP contribution in [0, 0.1) is 5.41 Å². The summed E-state index contributed by atoms with van der Waals surface area (Å²) < 4.78 is 43.6. The Hall–Kier alpha value is -3.14. The first-order chi connectivity index (χ1) is 16.0. The number of nitrogens with zero attached hydrogens (tertiary/aromatic N) is 1. The van der Waals surface area contributed by atoms with E-state index in [-0.39, 0.29) is 24.7 Å². The highest BCUT2D eigenvalue weighted by molar-refractivity contribution is 6.31. The second-order valence-electron chi connectivity index (χ2n) is 9.17. The quantitative estimate of drug-likeness (QED) is 0.665. The fraction of sp³-hybridized carbons (Fsp3) is 0.391. The molecule has 2 amide bonds. The Kier molecular flexibility index (Phi) is 5.12. The highest BCUT2D eigenvalue weighted by Gasteiger charge is 2.72. The highest BCUT2D eigenvalue weighted by Crippen LogP contribution is 2.67. The van der Waals surface area contributed by atoms with Crippen LogP contribution in [-0.2, 0) is 22.3 Å². The van der Waals surface area contributed by atoms with Gasteiger partial charge in [0.15, 0.2) is 11.9 Å². The van der Waals surface area contributed by atoms with Crippen molar-refractivity contribution in [2.45, 2.75) is 50.0 Å². The SMILES string of the molecule is O=C1C[C@H](C(=O)NC23CC(C(=O)NCc4ccc(C(F)(F)F)cn4)(C2)C3)Oc2ccc(Cl)cc21. The van der Waals surface area contributed by atoms with Gasteiger partial charge >= 0.3 is 6.18 Å². The summed E-state index contributed by atoms with van der Waals surface area (Å²) in [6.07, 6.45) is -3.43. The number of ketones is 1. The van der Waals surface area contributed by atoms with Crippen LogP contribution >= 0.6 is 11.6 Å². The zero-order valence-corrected chi connectivity index (χ0v) is 18.4.